The molecule has 0 fully saturated rings. The van der Waals surface area contributed by atoms with Gasteiger partial charge in [-0.2, -0.15) is 15.6 Å². The van der Waals surface area contributed by atoms with Gasteiger partial charge in [0.05, 0.1) is 12.3 Å². The van der Waals surface area contributed by atoms with E-state index in [1.54, 1.807) is 29.8 Å². The molecule has 0 aliphatic heterocycles. The molecule has 3 aromatic heterocycles. The van der Waals surface area contributed by atoms with Gasteiger partial charge in [0.15, 0.2) is 11.3 Å². The molecule has 4 aromatic rings. The third kappa shape index (κ3) is 3.69. The third-order valence-corrected chi connectivity index (χ3v) is 4.09. The number of esters is 1. The molecule has 30 heavy (non-hydrogen) atoms. The van der Waals surface area contributed by atoms with Crippen LogP contribution in [0, 0.1) is 11.3 Å². The van der Waals surface area contributed by atoms with Gasteiger partial charge in [-0.15, -0.1) is 10.2 Å². The number of fused-ring (bicyclic) bond motifs is 1. The van der Waals surface area contributed by atoms with Crippen molar-refractivity contribution >= 4 is 22.9 Å². The molecule has 148 valence electrons. The van der Waals surface area contributed by atoms with E-state index in [1.807, 2.05) is 30.3 Å². The van der Waals surface area contributed by atoms with E-state index < -0.39 is 5.97 Å². The predicted molar refractivity (Wildman–Crippen MR) is 106 cm³/mol. The number of tetrazole rings is 1. The fourth-order valence-corrected chi connectivity index (χ4v) is 2.77. The van der Waals surface area contributed by atoms with Crippen molar-refractivity contribution < 1.29 is 9.53 Å². The molecule has 11 heteroatoms. The van der Waals surface area contributed by atoms with Crippen molar-refractivity contribution in [3.05, 3.63) is 60.3 Å². The van der Waals surface area contributed by atoms with Crippen LogP contribution >= 0.6 is 0 Å². The Hall–Kier alpha value is -4.59. The van der Waals surface area contributed by atoms with Gasteiger partial charge in [-0.3, -0.25) is 0 Å². The highest BCUT2D eigenvalue weighted by Gasteiger charge is 2.15. The van der Waals surface area contributed by atoms with Crippen LogP contribution in [0.2, 0.25) is 0 Å². The van der Waals surface area contributed by atoms with Crippen LogP contribution in [0.1, 0.15) is 23.2 Å². The fraction of sp³-hybridized carbons (Fsp3) is 0.105. The number of rotatable bonds is 6. The monoisotopic (exact) mass is 401 g/mol. The minimum atomic E-state index is -0.500. The van der Waals surface area contributed by atoms with Gasteiger partial charge in [0.1, 0.15) is 11.6 Å². The number of aromatic amines is 1. The summed E-state index contributed by atoms with van der Waals surface area (Å²) < 4.78 is 6.60. The molecule has 0 radical (unpaired) electrons. The molecule has 0 amide bonds. The van der Waals surface area contributed by atoms with E-state index in [0.29, 0.717) is 5.65 Å². The second-order valence-electron chi connectivity index (χ2n) is 5.98. The van der Waals surface area contributed by atoms with Gasteiger partial charge in [0, 0.05) is 29.7 Å². The van der Waals surface area contributed by atoms with Crippen LogP contribution in [-0.2, 0) is 4.74 Å². The lowest BCUT2D eigenvalue weighted by molar-refractivity contribution is 0.0519. The van der Waals surface area contributed by atoms with Gasteiger partial charge < -0.3 is 10.1 Å². The highest BCUT2D eigenvalue weighted by Crippen LogP contribution is 2.24. The molecule has 0 saturated carbocycles. The lowest BCUT2D eigenvalue weighted by Crippen LogP contribution is -2.05. The summed E-state index contributed by atoms with van der Waals surface area (Å²) in [6.45, 7) is 2.00. The Labute approximate surface area is 170 Å². The Bertz CT molecular complexity index is 1270. The average Bonchev–Trinajstić information content (AvgIpc) is 3.44. The zero-order chi connectivity index (χ0) is 20.9. The number of carbonyl (C=O) groups is 1. The summed E-state index contributed by atoms with van der Waals surface area (Å²) in [5.41, 5.74) is 3.24. The second-order valence-corrected chi connectivity index (χ2v) is 5.98. The van der Waals surface area contributed by atoms with Crippen LogP contribution in [0.5, 0.6) is 0 Å². The number of nitriles is 1. The first kappa shape index (κ1) is 18.8. The summed E-state index contributed by atoms with van der Waals surface area (Å²) in [5, 5.41) is 30.0. The highest BCUT2D eigenvalue weighted by atomic mass is 16.5. The van der Waals surface area contributed by atoms with Gasteiger partial charge in [-0.05, 0) is 30.3 Å². The summed E-state index contributed by atoms with van der Waals surface area (Å²) in [4.78, 5) is 16.3. The molecule has 0 bridgehead atoms. The fourth-order valence-electron chi connectivity index (χ4n) is 2.77. The first-order chi connectivity index (χ1) is 14.7. The molecule has 0 aliphatic rings. The third-order valence-electron chi connectivity index (χ3n) is 4.09. The number of allylic oxidation sites excluding steroid dienone is 1. The first-order valence-electron chi connectivity index (χ1n) is 8.92. The standard InChI is InChI=1S/C19H15N9O2/c1-2-30-19(29)15-9-17-21-7-6-16(28(17)25-15)12-4-3-5-14(8-12)22-11-13(10-20)18-23-26-27-24-18/h3-9,11,22H,2H2,1H3,(H,23,24,26,27). The zero-order valence-corrected chi connectivity index (χ0v) is 15.8. The Kier molecular flexibility index (Phi) is 5.12. The van der Waals surface area contributed by atoms with Crippen LogP contribution in [-0.4, -0.2) is 47.8 Å². The number of hydrogen-bond donors (Lipinski definition) is 2. The van der Waals surface area contributed by atoms with E-state index in [9.17, 15) is 10.1 Å². The largest absolute Gasteiger partial charge is 0.461 e. The van der Waals surface area contributed by atoms with E-state index in [2.05, 4.69) is 36.0 Å². The molecule has 4 rings (SSSR count). The minimum Gasteiger partial charge on any atom is -0.461 e. The minimum absolute atomic E-state index is 0.188. The van der Waals surface area contributed by atoms with Crippen LogP contribution in [0.25, 0.3) is 22.5 Å². The number of ether oxygens (including phenoxy) is 1. The maximum atomic E-state index is 12.0. The quantitative estimate of drug-likeness (QED) is 0.366. The second kappa shape index (κ2) is 8.19. The summed E-state index contributed by atoms with van der Waals surface area (Å²) in [6.07, 6.45) is 3.14. The van der Waals surface area contributed by atoms with Crippen molar-refractivity contribution in [2.24, 2.45) is 0 Å². The number of carbonyl (C=O) groups excluding carboxylic acids is 1. The summed E-state index contributed by atoms with van der Waals surface area (Å²) >= 11 is 0. The van der Waals surface area contributed by atoms with Gasteiger partial charge in [0.2, 0.25) is 5.82 Å². The number of nitrogens with one attached hydrogen (secondary N) is 2. The normalized spacial score (nSPS) is 11.3. The van der Waals surface area contributed by atoms with Crippen LogP contribution in [0.3, 0.4) is 0 Å². The smallest absolute Gasteiger partial charge is 0.358 e. The SMILES string of the molecule is CCOC(=O)c1cc2nccc(-c3cccc(NC=C(C#N)c4nn[nH]n4)c3)n2n1. The summed E-state index contributed by atoms with van der Waals surface area (Å²) in [5.74, 6) is -0.306. The predicted octanol–water partition coefficient (Wildman–Crippen LogP) is 2.06. The Morgan fingerprint density at radius 2 is 2.27 bits per heavy atom. The lowest BCUT2D eigenvalue weighted by Gasteiger charge is -2.07. The van der Waals surface area contributed by atoms with Gasteiger partial charge in [0.25, 0.3) is 0 Å². The van der Waals surface area contributed by atoms with Gasteiger partial charge in [-0.1, -0.05) is 12.1 Å². The topological polar surface area (TPSA) is 147 Å². The Morgan fingerprint density at radius 1 is 1.37 bits per heavy atom. The Morgan fingerprint density at radius 3 is 3.03 bits per heavy atom. The number of H-pyrrole nitrogens is 1. The van der Waals surface area contributed by atoms with Crippen molar-refractivity contribution in [2.75, 3.05) is 11.9 Å². The Balaban J connectivity index is 1.66. The average molecular weight is 401 g/mol. The van der Waals surface area contributed by atoms with E-state index in [1.165, 1.54) is 6.20 Å². The molecule has 0 unspecified atom stereocenters. The van der Waals surface area contributed by atoms with Crippen molar-refractivity contribution in [3.63, 3.8) is 0 Å². The van der Waals surface area contributed by atoms with Gasteiger partial charge >= 0.3 is 5.97 Å². The number of anilines is 1. The first-order valence-corrected chi connectivity index (χ1v) is 8.92. The molecule has 1 aromatic carbocycles. The molecule has 0 aliphatic carbocycles. The van der Waals surface area contributed by atoms with Crippen molar-refractivity contribution in [1.82, 2.24) is 35.2 Å². The lowest BCUT2D eigenvalue weighted by atomic mass is 10.1. The van der Waals surface area contributed by atoms with E-state index in [-0.39, 0.29) is 23.7 Å². The number of aromatic nitrogens is 7. The molecule has 11 nitrogen and oxygen atoms in total. The van der Waals surface area contributed by atoms with Crippen molar-refractivity contribution in [2.45, 2.75) is 6.92 Å². The van der Waals surface area contributed by atoms with Crippen LogP contribution < -0.4 is 5.32 Å². The zero-order valence-electron chi connectivity index (χ0n) is 15.8. The molecular formula is C19H15N9O2. The molecule has 3 heterocycles. The van der Waals surface area contributed by atoms with Crippen LogP contribution in [0.4, 0.5) is 5.69 Å². The summed E-state index contributed by atoms with van der Waals surface area (Å²) in [6, 6.07) is 12.9. The summed E-state index contributed by atoms with van der Waals surface area (Å²) in [7, 11) is 0. The van der Waals surface area contributed by atoms with E-state index in [4.69, 9.17) is 4.74 Å². The molecule has 0 atom stereocenters. The number of benzene rings is 1. The van der Waals surface area contributed by atoms with E-state index >= 15 is 0 Å². The maximum absolute atomic E-state index is 12.0. The molecule has 0 saturated heterocycles. The van der Waals surface area contributed by atoms with Crippen LogP contribution in [0.15, 0.2) is 48.8 Å². The van der Waals surface area contributed by atoms with Gasteiger partial charge in [-0.25, -0.2) is 14.3 Å². The molecule has 2 N–H and O–H groups in total. The molecular weight excluding hydrogens is 386 g/mol. The van der Waals surface area contributed by atoms with Crippen molar-refractivity contribution in [1.29, 1.82) is 5.26 Å². The molecule has 0 spiro atoms. The number of hydrogen-bond acceptors (Lipinski definition) is 9. The number of nitrogens with zero attached hydrogens (tertiary/aromatic N) is 7. The highest BCUT2D eigenvalue weighted by molar-refractivity contribution is 5.88. The van der Waals surface area contributed by atoms with E-state index in [0.717, 1.165) is 16.9 Å². The maximum Gasteiger partial charge on any atom is 0.358 e. The van der Waals surface area contributed by atoms with Crippen molar-refractivity contribution in [3.8, 4) is 17.3 Å².